The topological polar surface area (TPSA) is 77.7 Å². The van der Waals surface area contributed by atoms with E-state index in [1.54, 1.807) is 36.3 Å². The third kappa shape index (κ3) is 5.07. The van der Waals surface area contributed by atoms with Crippen LogP contribution in [0.15, 0.2) is 46.2 Å². The van der Waals surface area contributed by atoms with Crippen LogP contribution in [0.1, 0.15) is 19.2 Å². The lowest BCUT2D eigenvalue weighted by molar-refractivity contribution is -0.134. The molecule has 0 N–H and O–H groups in total. The number of rotatable bonds is 9. The summed E-state index contributed by atoms with van der Waals surface area (Å²) >= 11 is 1.53. The first-order chi connectivity index (χ1) is 13.2. The van der Waals surface area contributed by atoms with Crippen LogP contribution in [0.25, 0.3) is 10.8 Å². The number of carbonyl (C=O) groups excluding carboxylic acids is 1. The van der Waals surface area contributed by atoms with Crippen molar-refractivity contribution in [3.05, 3.63) is 47.7 Å². The smallest absolute Gasteiger partial charge is 0.260 e. The van der Waals surface area contributed by atoms with E-state index in [0.717, 1.165) is 17.0 Å². The van der Waals surface area contributed by atoms with Gasteiger partial charge in [0, 0.05) is 6.54 Å². The zero-order chi connectivity index (χ0) is 19.1. The second-order valence-corrected chi connectivity index (χ2v) is 6.71. The number of hydrogen-bond donors (Lipinski definition) is 0. The number of nitrogens with zero attached hydrogens (tertiary/aromatic N) is 3. The molecule has 27 heavy (non-hydrogen) atoms. The summed E-state index contributed by atoms with van der Waals surface area (Å²) in [7, 11) is 1.60. The van der Waals surface area contributed by atoms with Gasteiger partial charge in [-0.25, -0.2) is 0 Å². The molecule has 0 bridgehead atoms. The van der Waals surface area contributed by atoms with Crippen molar-refractivity contribution in [3.8, 4) is 22.3 Å². The van der Waals surface area contributed by atoms with Gasteiger partial charge in [-0.2, -0.15) is 0 Å². The van der Waals surface area contributed by atoms with E-state index in [2.05, 4.69) is 10.2 Å². The van der Waals surface area contributed by atoms with Crippen LogP contribution in [0.2, 0.25) is 0 Å². The third-order valence-electron chi connectivity index (χ3n) is 3.79. The lowest BCUT2D eigenvalue weighted by Crippen LogP contribution is -2.35. The monoisotopic (exact) mass is 387 g/mol. The van der Waals surface area contributed by atoms with Crippen LogP contribution in [0.4, 0.5) is 0 Å². The number of thiophene rings is 1. The minimum absolute atomic E-state index is 0.0573. The number of amides is 1. The Balaban J connectivity index is 1.59. The van der Waals surface area contributed by atoms with Crippen molar-refractivity contribution in [3.63, 3.8) is 0 Å². The molecule has 0 atom stereocenters. The second-order valence-electron chi connectivity index (χ2n) is 5.76. The summed E-state index contributed by atoms with van der Waals surface area (Å²) in [6, 6.07) is 10.9. The predicted molar refractivity (Wildman–Crippen MR) is 102 cm³/mol. The van der Waals surface area contributed by atoms with Crippen LogP contribution in [-0.2, 0) is 11.3 Å². The summed E-state index contributed by atoms with van der Waals surface area (Å²) in [4.78, 5) is 15.1. The van der Waals surface area contributed by atoms with E-state index in [9.17, 15) is 4.79 Å². The molecule has 0 spiro atoms. The molecule has 0 aliphatic heterocycles. The fourth-order valence-corrected chi connectivity index (χ4v) is 3.09. The molecule has 3 rings (SSSR count). The van der Waals surface area contributed by atoms with Crippen molar-refractivity contribution in [1.29, 1.82) is 0 Å². The fraction of sp³-hybridized carbons (Fsp3) is 0.316. The van der Waals surface area contributed by atoms with Gasteiger partial charge in [0.25, 0.3) is 11.8 Å². The van der Waals surface area contributed by atoms with E-state index in [1.807, 2.05) is 24.4 Å². The molecule has 0 radical (unpaired) electrons. The highest BCUT2D eigenvalue weighted by Crippen LogP contribution is 2.23. The molecular formula is C19H21N3O4S. The van der Waals surface area contributed by atoms with Crippen molar-refractivity contribution in [2.75, 3.05) is 20.3 Å². The molecule has 8 heteroatoms. The number of ether oxygens (including phenoxy) is 2. The molecular weight excluding hydrogens is 366 g/mol. The standard InChI is InChI=1S/C19H21N3O4S/c1-3-10-22(12-17-20-21-19(26-17)16-5-4-11-27-16)18(23)13-25-15-8-6-14(24-2)7-9-15/h4-9,11H,3,10,12-13H2,1-2H3. The molecule has 0 aliphatic carbocycles. The second kappa shape index (κ2) is 9.18. The highest BCUT2D eigenvalue weighted by Gasteiger charge is 2.18. The Kier molecular flexibility index (Phi) is 6.43. The van der Waals surface area contributed by atoms with E-state index in [4.69, 9.17) is 13.9 Å². The van der Waals surface area contributed by atoms with Crippen LogP contribution >= 0.6 is 11.3 Å². The Morgan fingerprint density at radius 1 is 1.19 bits per heavy atom. The average molecular weight is 387 g/mol. The first-order valence-corrected chi connectivity index (χ1v) is 9.48. The van der Waals surface area contributed by atoms with Gasteiger partial charge in [0.15, 0.2) is 6.61 Å². The van der Waals surface area contributed by atoms with Crippen molar-refractivity contribution >= 4 is 17.2 Å². The van der Waals surface area contributed by atoms with Gasteiger partial charge >= 0.3 is 0 Å². The highest BCUT2D eigenvalue weighted by molar-refractivity contribution is 7.13. The Morgan fingerprint density at radius 3 is 2.63 bits per heavy atom. The summed E-state index contributed by atoms with van der Waals surface area (Å²) in [5.74, 6) is 2.09. The quantitative estimate of drug-likeness (QED) is 0.558. The number of benzene rings is 1. The van der Waals surface area contributed by atoms with Crippen LogP contribution in [0.5, 0.6) is 11.5 Å². The van der Waals surface area contributed by atoms with Gasteiger partial charge in [0.05, 0.1) is 18.5 Å². The third-order valence-corrected chi connectivity index (χ3v) is 4.65. The van der Waals surface area contributed by atoms with Gasteiger partial charge in [-0.3, -0.25) is 4.79 Å². The molecule has 1 aromatic carbocycles. The maximum absolute atomic E-state index is 12.6. The minimum Gasteiger partial charge on any atom is -0.497 e. The SMILES string of the molecule is CCCN(Cc1nnc(-c2cccs2)o1)C(=O)COc1ccc(OC)cc1. The number of methoxy groups -OCH3 is 1. The molecule has 1 amide bonds. The largest absolute Gasteiger partial charge is 0.497 e. The van der Waals surface area contributed by atoms with E-state index in [-0.39, 0.29) is 19.1 Å². The van der Waals surface area contributed by atoms with Gasteiger partial charge in [-0.1, -0.05) is 13.0 Å². The van der Waals surface area contributed by atoms with Crippen molar-refractivity contribution < 1.29 is 18.7 Å². The lowest BCUT2D eigenvalue weighted by Gasteiger charge is -2.20. The summed E-state index contributed by atoms with van der Waals surface area (Å²) < 4.78 is 16.4. The summed E-state index contributed by atoms with van der Waals surface area (Å²) in [5.41, 5.74) is 0. The summed E-state index contributed by atoms with van der Waals surface area (Å²) in [6.07, 6.45) is 0.820. The Labute approximate surface area is 161 Å². The lowest BCUT2D eigenvalue weighted by atomic mass is 10.3. The van der Waals surface area contributed by atoms with E-state index < -0.39 is 0 Å². The van der Waals surface area contributed by atoms with Crippen LogP contribution in [-0.4, -0.2) is 41.3 Å². The van der Waals surface area contributed by atoms with Crippen molar-refractivity contribution in [2.45, 2.75) is 19.9 Å². The first kappa shape index (κ1) is 18.9. The van der Waals surface area contributed by atoms with E-state index in [0.29, 0.717) is 24.1 Å². The van der Waals surface area contributed by atoms with E-state index in [1.165, 1.54) is 11.3 Å². The minimum atomic E-state index is -0.136. The predicted octanol–water partition coefficient (Wildman–Crippen LogP) is 3.62. The van der Waals surface area contributed by atoms with Crippen LogP contribution < -0.4 is 9.47 Å². The van der Waals surface area contributed by atoms with Gasteiger partial charge in [-0.05, 0) is 42.1 Å². The average Bonchev–Trinajstić information content (AvgIpc) is 3.38. The number of aromatic nitrogens is 2. The zero-order valence-electron chi connectivity index (χ0n) is 15.3. The highest BCUT2D eigenvalue weighted by atomic mass is 32.1. The van der Waals surface area contributed by atoms with Gasteiger partial charge in [0.2, 0.25) is 5.89 Å². The first-order valence-electron chi connectivity index (χ1n) is 8.60. The fourth-order valence-electron chi connectivity index (χ4n) is 2.45. The van der Waals surface area contributed by atoms with Gasteiger partial charge in [-0.15, -0.1) is 21.5 Å². The molecule has 0 aliphatic rings. The molecule has 3 aromatic rings. The Bertz CT molecular complexity index is 846. The maximum atomic E-state index is 12.6. The maximum Gasteiger partial charge on any atom is 0.260 e. The molecule has 0 fully saturated rings. The summed E-state index contributed by atoms with van der Waals surface area (Å²) in [5, 5.41) is 10.1. The Morgan fingerprint density at radius 2 is 1.96 bits per heavy atom. The number of carbonyl (C=O) groups is 1. The molecule has 142 valence electrons. The number of hydrogen-bond acceptors (Lipinski definition) is 7. The molecule has 2 heterocycles. The molecule has 0 saturated heterocycles. The normalized spacial score (nSPS) is 10.6. The van der Waals surface area contributed by atoms with E-state index >= 15 is 0 Å². The molecule has 0 saturated carbocycles. The molecule has 7 nitrogen and oxygen atoms in total. The molecule has 0 unspecified atom stereocenters. The zero-order valence-corrected chi connectivity index (χ0v) is 16.1. The van der Waals surface area contributed by atoms with Gasteiger partial charge < -0.3 is 18.8 Å². The Hall–Kier alpha value is -2.87. The van der Waals surface area contributed by atoms with Crippen molar-refractivity contribution in [2.24, 2.45) is 0 Å². The summed E-state index contributed by atoms with van der Waals surface area (Å²) in [6.45, 7) is 2.80. The van der Waals surface area contributed by atoms with Crippen LogP contribution in [0.3, 0.4) is 0 Å². The molecule has 2 aromatic heterocycles. The van der Waals surface area contributed by atoms with Crippen molar-refractivity contribution in [1.82, 2.24) is 15.1 Å². The van der Waals surface area contributed by atoms with Gasteiger partial charge in [0.1, 0.15) is 11.5 Å². The van der Waals surface area contributed by atoms with Crippen LogP contribution in [0, 0.1) is 0 Å².